The highest BCUT2D eigenvalue weighted by molar-refractivity contribution is 5.94. The van der Waals surface area contributed by atoms with Crippen molar-refractivity contribution < 1.29 is 9.18 Å². The van der Waals surface area contributed by atoms with E-state index in [4.69, 9.17) is 0 Å². The molecule has 2 nitrogen and oxygen atoms in total. The maximum atomic E-state index is 13.4. The van der Waals surface area contributed by atoms with Gasteiger partial charge >= 0.3 is 0 Å². The number of hydrogen-bond donors (Lipinski definition) is 1. The molecule has 2 atom stereocenters. The van der Waals surface area contributed by atoms with Crippen LogP contribution in [0, 0.1) is 11.7 Å². The number of hydrogen-bond acceptors (Lipinski definition) is 1. The Balaban J connectivity index is 1.99. The molecular weight excluding hydrogens is 217 g/mol. The lowest BCUT2D eigenvalue weighted by Crippen LogP contribution is -2.38. The summed E-state index contributed by atoms with van der Waals surface area (Å²) in [5, 5.41) is 2.93. The van der Waals surface area contributed by atoms with E-state index in [9.17, 15) is 9.18 Å². The van der Waals surface area contributed by atoms with E-state index in [-0.39, 0.29) is 17.5 Å². The van der Waals surface area contributed by atoms with Gasteiger partial charge in [0.05, 0.1) is 5.56 Å². The van der Waals surface area contributed by atoms with Crippen LogP contribution in [0.15, 0.2) is 24.3 Å². The lowest BCUT2D eigenvalue weighted by Gasteiger charge is -2.27. The zero-order chi connectivity index (χ0) is 12.3. The molecule has 0 bridgehead atoms. The average molecular weight is 235 g/mol. The van der Waals surface area contributed by atoms with Crippen LogP contribution in [-0.2, 0) is 0 Å². The van der Waals surface area contributed by atoms with Gasteiger partial charge in [-0.25, -0.2) is 4.39 Å². The second-order valence-electron chi connectivity index (χ2n) is 4.92. The van der Waals surface area contributed by atoms with Gasteiger partial charge in [-0.15, -0.1) is 0 Å². The van der Waals surface area contributed by atoms with Crippen LogP contribution in [0.25, 0.3) is 0 Å². The normalized spacial score (nSPS) is 24.4. The van der Waals surface area contributed by atoms with Crippen LogP contribution in [-0.4, -0.2) is 11.9 Å². The van der Waals surface area contributed by atoms with Gasteiger partial charge in [0, 0.05) is 6.04 Å². The zero-order valence-electron chi connectivity index (χ0n) is 10.1. The van der Waals surface area contributed by atoms with E-state index in [1.54, 1.807) is 12.1 Å². The number of carbonyl (C=O) groups is 1. The summed E-state index contributed by atoms with van der Waals surface area (Å²) >= 11 is 0. The molecule has 0 spiro atoms. The van der Waals surface area contributed by atoms with E-state index in [2.05, 4.69) is 12.2 Å². The smallest absolute Gasteiger partial charge is 0.254 e. The third kappa shape index (κ3) is 3.05. The van der Waals surface area contributed by atoms with E-state index in [0.29, 0.717) is 5.92 Å². The Labute approximate surface area is 101 Å². The zero-order valence-corrected chi connectivity index (χ0v) is 10.1. The van der Waals surface area contributed by atoms with Gasteiger partial charge in [0.1, 0.15) is 5.82 Å². The number of nitrogens with one attached hydrogen (secondary N) is 1. The summed E-state index contributed by atoms with van der Waals surface area (Å²) in [7, 11) is 0. The highest BCUT2D eigenvalue weighted by Crippen LogP contribution is 2.23. The van der Waals surface area contributed by atoms with Gasteiger partial charge in [-0.2, -0.15) is 0 Å². The van der Waals surface area contributed by atoms with Gasteiger partial charge in [0.25, 0.3) is 5.91 Å². The minimum Gasteiger partial charge on any atom is -0.349 e. The van der Waals surface area contributed by atoms with Crippen molar-refractivity contribution in [3.63, 3.8) is 0 Å². The second kappa shape index (κ2) is 5.30. The Morgan fingerprint density at radius 1 is 1.35 bits per heavy atom. The quantitative estimate of drug-likeness (QED) is 0.838. The molecule has 17 heavy (non-hydrogen) atoms. The summed E-state index contributed by atoms with van der Waals surface area (Å²) in [6.07, 6.45) is 4.38. The molecule has 1 fully saturated rings. The van der Waals surface area contributed by atoms with Crippen LogP contribution in [0.4, 0.5) is 4.39 Å². The van der Waals surface area contributed by atoms with E-state index in [0.717, 1.165) is 19.3 Å². The van der Waals surface area contributed by atoms with Crippen LogP contribution in [0.5, 0.6) is 0 Å². The van der Waals surface area contributed by atoms with Gasteiger partial charge in [0.2, 0.25) is 0 Å². The van der Waals surface area contributed by atoms with Crippen molar-refractivity contribution in [2.45, 2.75) is 38.6 Å². The summed E-state index contributed by atoms with van der Waals surface area (Å²) in [5.74, 6) is -0.0919. The minimum atomic E-state index is -0.450. The van der Waals surface area contributed by atoms with Crippen molar-refractivity contribution in [2.24, 2.45) is 5.92 Å². The van der Waals surface area contributed by atoms with Crippen molar-refractivity contribution in [3.05, 3.63) is 35.6 Å². The molecule has 3 heteroatoms. The molecule has 1 N–H and O–H groups in total. The highest BCUT2D eigenvalue weighted by atomic mass is 19.1. The summed E-state index contributed by atoms with van der Waals surface area (Å²) in [6.45, 7) is 2.20. The molecule has 1 aromatic carbocycles. The first-order valence-corrected chi connectivity index (χ1v) is 6.22. The number of halogens is 1. The molecule has 92 valence electrons. The van der Waals surface area contributed by atoms with Gasteiger partial charge < -0.3 is 5.32 Å². The first kappa shape index (κ1) is 12.1. The Hall–Kier alpha value is -1.38. The van der Waals surface area contributed by atoms with E-state index in [1.807, 2.05) is 0 Å². The SMILES string of the molecule is CC1CCCC(NC(=O)c2ccccc2F)C1. The Bertz CT molecular complexity index is 405. The maximum absolute atomic E-state index is 13.4. The highest BCUT2D eigenvalue weighted by Gasteiger charge is 2.21. The number of carbonyl (C=O) groups excluding carboxylic acids is 1. The molecule has 0 aliphatic heterocycles. The summed E-state index contributed by atoms with van der Waals surface area (Å²) < 4.78 is 13.4. The van der Waals surface area contributed by atoms with Crippen molar-refractivity contribution in [1.29, 1.82) is 0 Å². The lowest BCUT2D eigenvalue weighted by molar-refractivity contribution is 0.0917. The fraction of sp³-hybridized carbons (Fsp3) is 0.500. The monoisotopic (exact) mass is 235 g/mol. The molecular formula is C14H18FNO. The van der Waals surface area contributed by atoms with E-state index in [1.165, 1.54) is 18.6 Å². The lowest BCUT2D eigenvalue weighted by atomic mass is 9.87. The van der Waals surface area contributed by atoms with E-state index >= 15 is 0 Å². The number of benzene rings is 1. The number of amides is 1. The van der Waals surface area contributed by atoms with E-state index < -0.39 is 5.82 Å². The van der Waals surface area contributed by atoms with Crippen molar-refractivity contribution in [3.8, 4) is 0 Å². The van der Waals surface area contributed by atoms with Crippen LogP contribution in [0.1, 0.15) is 43.0 Å². The van der Waals surface area contributed by atoms with Crippen LogP contribution >= 0.6 is 0 Å². The molecule has 1 aliphatic carbocycles. The molecule has 1 saturated carbocycles. The molecule has 0 heterocycles. The topological polar surface area (TPSA) is 29.1 Å². The maximum Gasteiger partial charge on any atom is 0.254 e. The van der Waals surface area contributed by atoms with Gasteiger partial charge in [-0.1, -0.05) is 31.9 Å². The summed E-state index contributed by atoms with van der Waals surface area (Å²) in [6, 6.07) is 6.32. The molecule has 0 radical (unpaired) electrons. The van der Waals surface area contributed by atoms with Crippen molar-refractivity contribution >= 4 is 5.91 Å². The van der Waals surface area contributed by atoms with Gasteiger partial charge in [0.15, 0.2) is 0 Å². The number of rotatable bonds is 2. The van der Waals surface area contributed by atoms with Crippen molar-refractivity contribution in [2.75, 3.05) is 0 Å². The first-order chi connectivity index (χ1) is 8.16. The van der Waals surface area contributed by atoms with Gasteiger partial charge in [-0.3, -0.25) is 4.79 Å². The third-order valence-electron chi connectivity index (χ3n) is 3.39. The summed E-state index contributed by atoms with van der Waals surface area (Å²) in [5.41, 5.74) is 0.144. The third-order valence-corrected chi connectivity index (χ3v) is 3.39. The fourth-order valence-corrected chi connectivity index (χ4v) is 2.47. The minimum absolute atomic E-state index is 0.144. The molecule has 1 aromatic rings. The molecule has 0 aromatic heterocycles. The molecule has 1 aliphatic rings. The predicted octanol–water partition coefficient (Wildman–Crippen LogP) is 3.13. The molecule has 0 saturated heterocycles. The van der Waals surface area contributed by atoms with Crippen molar-refractivity contribution in [1.82, 2.24) is 5.32 Å². The summed E-state index contributed by atoms with van der Waals surface area (Å²) in [4.78, 5) is 11.9. The first-order valence-electron chi connectivity index (χ1n) is 6.22. The predicted molar refractivity (Wildman–Crippen MR) is 65.3 cm³/mol. The van der Waals surface area contributed by atoms with Gasteiger partial charge in [-0.05, 0) is 30.9 Å². The average Bonchev–Trinajstić information content (AvgIpc) is 2.29. The molecule has 2 rings (SSSR count). The second-order valence-corrected chi connectivity index (χ2v) is 4.92. The Morgan fingerprint density at radius 2 is 2.12 bits per heavy atom. The largest absolute Gasteiger partial charge is 0.349 e. The molecule has 1 amide bonds. The van der Waals surface area contributed by atoms with Crippen LogP contribution in [0.2, 0.25) is 0 Å². The molecule has 2 unspecified atom stereocenters. The Kier molecular flexibility index (Phi) is 3.77. The fourth-order valence-electron chi connectivity index (χ4n) is 2.47. The standard InChI is InChI=1S/C14H18FNO/c1-10-5-4-6-11(9-10)16-14(17)12-7-2-3-8-13(12)15/h2-3,7-8,10-11H,4-6,9H2,1H3,(H,16,17). The van der Waals surface area contributed by atoms with Crippen LogP contribution in [0.3, 0.4) is 0 Å². The van der Waals surface area contributed by atoms with Crippen LogP contribution < -0.4 is 5.32 Å². The Morgan fingerprint density at radius 3 is 2.82 bits per heavy atom.